The number of hydrogen-bond acceptors (Lipinski definition) is 5. The van der Waals surface area contributed by atoms with Crippen molar-refractivity contribution in [2.75, 3.05) is 5.32 Å². The first-order valence-corrected chi connectivity index (χ1v) is 10.1. The van der Waals surface area contributed by atoms with Crippen molar-refractivity contribution in [2.24, 2.45) is 17.6 Å². The zero-order chi connectivity index (χ0) is 17.6. The van der Waals surface area contributed by atoms with Gasteiger partial charge in [0.25, 0.3) is 5.91 Å². The van der Waals surface area contributed by atoms with E-state index >= 15 is 0 Å². The van der Waals surface area contributed by atoms with E-state index in [1.807, 2.05) is 0 Å². The Hall–Kier alpha value is -1.69. The molecule has 0 radical (unpaired) electrons. The Kier molecular flexibility index (Phi) is 7.82. The lowest BCUT2D eigenvalue weighted by Crippen LogP contribution is -2.26. The van der Waals surface area contributed by atoms with E-state index < -0.39 is 5.91 Å². The van der Waals surface area contributed by atoms with E-state index in [4.69, 9.17) is 10.7 Å². The van der Waals surface area contributed by atoms with Gasteiger partial charge in [0.2, 0.25) is 0 Å². The predicted octanol–water partition coefficient (Wildman–Crippen LogP) is 4.24. The minimum absolute atomic E-state index is 0. The van der Waals surface area contributed by atoms with Gasteiger partial charge in [-0.2, -0.15) is 0 Å². The van der Waals surface area contributed by atoms with Crippen LogP contribution in [0.25, 0.3) is 0 Å². The first kappa shape index (κ1) is 20.6. The Labute approximate surface area is 157 Å². The molecule has 2 saturated carbocycles. The molecule has 2 aliphatic rings. The van der Waals surface area contributed by atoms with Crippen LogP contribution in [0.4, 0.5) is 5.82 Å². The summed E-state index contributed by atoms with van der Waals surface area (Å²) in [6.07, 6.45) is 15.3. The van der Waals surface area contributed by atoms with Crippen LogP contribution in [0.2, 0.25) is 0 Å². The van der Waals surface area contributed by atoms with Gasteiger partial charge in [-0.1, -0.05) is 58.3 Å². The fraction of sp³-hybridized carbons (Fsp3) is 0.750. The second kappa shape index (κ2) is 9.86. The van der Waals surface area contributed by atoms with E-state index in [1.54, 1.807) is 6.20 Å². The number of nitrogens with two attached hydrogens (primary N) is 1. The minimum Gasteiger partial charge on any atom is -0.367 e. The fourth-order valence-electron chi connectivity index (χ4n) is 4.41. The fourth-order valence-corrected chi connectivity index (χ4v) is 4.41. The topological polar surface area (TPSA) is 116 Å². The zero-order valence-electron chi connectivity index (χ0n) is 16.2. The lowest BCUT2D eigenvalue weighted by molar-refractivity contribution is 0.100. The molecule has 6 N–H and O–H groups in total. The van der Waals surface area contributed by atoms with Crippen molar-refractivity contribution in [3.05, 3.63) is 17.6 Å². The van der Waals surface area contributed by atoms with Crippen molar-refractivity contribution >= 4 is 11.7 Å². The second-order valence-corrected chi connectivity index (χ2v) is 7.97. The molecule has 3 rings (SSSR count). The molecule has 146 valence electrons. The number of carbonyl (C=O) groups is 1. The molecule has 0 aromatic carbocycles. The normalized spacial score (nSPS) is 20.2. The number of amides is 1. The smallest absolute Gasteiger partial charge is 0.254 e. The molecule has 6 nitrogen and oxygen atoms in total. The van der Waals surface area contributed by atoms with Crippen LogP contribution >= 0.6 is 0 Å². The number of anilines is 1. The number of nitrogens with zero attached hydrogens (tertiary/aromatic N) is 2. The summed E-state index contributed by atoms with van der Waals surface area (Å²) in [5.74, 6) is 2.39. The maximum absolute atomic E-state index is 11.7. The van der Waals surface area contributed by atoms with Gasteiger partial charge in [-0.25, -0.2) is 9.97 Å². The molecule has 0 saturated heterocycles. The van der Waals surface area contributed by atoms with Crippen LogP contribution < -0.4 is 17.2 Å². The highest BCUT2D eigenvalue weighted by atomic mass is 16.1. The number of nitrogens with one attached hydrogen (secondary N) is 1. The molecule has 0 bridgehead atoms. The number of rotatable bonds is 6. The van der Waals surface area contributed by atoms with Crippen LogP contribution in [0, 0.1) is 11.8 Å². The van der Waals surface area contributed by atoms with Crippen molar-refractivity contribution in [1.82, 2.24) is 16.1 Å². The van der Waals surface area contributed by atoms with Gasteiger partial charge >= 0.3 is 0 Å². The highest BCUT2D eigenvalue weighted by Gasteiger charge is 2.23. The number of primary amides is 1. The van der Waals surface area contributed by atoms with Gasteiger partial charge in [0.05, 0.1) is 5.56 Å². The summed E-state index contributed by atoms with van der Waals surface area (Å²) in [5, 5.41) is 3.47. The van der Waals surface area contributed by atoms with E-state index in [0.29, 0.717) is 23.3 Å². The van der Waals surface area contributed by atoms with E-state index in [2.05, 4.69) is 17.2 Å². The molecule has 1 aromatic heterocycles. The molecule has 1 amide bonds. The molecule has 1 heterocycles. The molecule has 0 aliphatic heterocycles. The Balaban J connectivity index is 0.00000243. The standard InChI is InChI=1S/C20H32N4O.H3N/c1-14(15-8-4-2-5-9-15)12-18-22-13-17(19(21)25)20(24-18)23-16-10-6-3-7-11-16;/h13-16H,2-12H2,1H3,(H2,21,25)(H,22,23,24);1H3/t14-;/m1./s1. The SMILES string of the molecule is C[C@H](Cc1ncc(C(N)=O)c(NC2CCCCC2)n1)C1CCCCC1.N. The lowest BCUT2D eigenvalue weighted by Gasteiger charge is -2.27. The maximum atomic E-state index is 11.7. The van der Waals surface area contributed by atoms with Crippen LogP contribution in [-0.4, -0.2) is 21.9 Å². The second-order valence-electron chi connectivity index (χ2n) is 7.97. The summed E-state index contributed by atoms with van der Waals surface area (Å²) >= 11 is 0. The molecular weight excluding hydrogens is 326 g/mol. The first-order chi connectivity index (χ1) is 12.1. The molecular formula is C20H35N5O. The lowest BCUT2D eigenvalue weighted by atomic mass is 9.79. The van der Waals surface area contributed by atoms with Gasteiger partial charge in [-0.05, 0) is 24.7 Å². The molecule has 0 unspecified atom stereocenters. The average molecular weight is 362 g/mol. The van der Waals surface area contributed by atoms with Crippen molar-refractivity contribution < 1.29 is 4.79 Å². The van der Waals surface area contributed by atoms with Crippen LogP contribution in [-0.2, 0) is 6.42 Å². The Morgan fingerprint density at radius 1 is 1.15 bits per heavy atom. The monoisotopic (exact) mass is 361 g/mol. The summed E-state index contributed by atoms with van der Waals surface area (Å²) in [4.78, 5) is 20.9. The molecule has 1 aromatic rings. The highest BCUT2D eigenvalue weighted by molar-refractivity contribution is 5.97. The van der Waals surface area contributed by atoms with Gasteiger partial charge in [0.1, 0.15) is 11.6 Å². The molecule has 2 aliphatic carbocycles. The summed E-state index contributed by atoms with van der Waals surface area (Å²) in [6, 6.07) is 0.394. The van der Waals surface area contributed by atoms with E-state index in [1.165, 1.54) is 51.4 Å². The predicted molar refractivity (Wildman–Crippen MR) is 106 cm³/mol. The number of hydrogen-bond donors (Lipinski definition) is 3. The molecule has 2 fully saturated rings. The van der Waals surface area contributed by atoms with Gasteiger partial charge < -0.3 is 17.2 Å². The third-order valence-electron chi connectivity index (χ3n) is 6.01. The summed E-state index contributed by atoms with van der Waals surface area (Å²) < 4.78 is 0. The highest BCUT2D eigenvalue weighted by Crippen LogP contribution is 2.31. The van der Waals surface area contributed by atoms with Gasteiger partial charge in [-0.15, -0.1) is 0 Å². The van der Waals surface area contributed by atoms with Gasteiger partial charge in [0, 0.05) is 18.7 Å². The van der Waals surface area contributed by atoms with Crippen LogP contribution in [0.3, 0.4) is 0 Å². The molecule has 1 atom stereocenters. The molecule has 6 heteroatoms. The third kappa shape index (κ3) is 5.40. The van der Waals surface area contributed by atoms with Gasteiger partial charge in [-0.3, -0.25) is 4.79 Å². The van der Waals surface area contributed by atoms with E-state index in [0.717, 1.165) is 31.0 Å². The van der Waals surface area contributed by atoms with Crippen molar-refractivity contribution in [1.29, 1.82) is 0 Å². The van der Waals surface area contributed by atoms with Crippen molar-refractivity contribution in [3.8, 4) is 0 Å². The quantitative estimate of drug-likeness (QED) is 0.700. The largest absolute Gasteiger partial charge is 0.367 e. The molecule has 26 heavy (non-hydrogen) atoms. The van der Waals surface area contributed by atoms with Crippen LogP contribution in [0.1, 0.15) is 87.3 Å². The zero-order valence-corrected chi connectivity index (χ0v) is 16.2. The van der Waals surface area contributed by atoms with Gasteiger partial charge in [0.15, 0.2) is 0 Å². The van der Waals surface area contributed by atoms with E-state index in [-0.39, 0.29) is 6.15 Å². The maximum Gasteiger partial charge on any atom is 0.254 e. The summed E-state index contributed by atoms with van der Waals surface area (Å²) in [7, 11) is 0. The molecule has 0 spiro atoms. The van der Waals surface area contributed by atoms with Crippen molar-refractivity contribution in [3.63, 3.8) is 0 Å². The Morgan fingerprint density at radius 3 is 2.38 bits per heavy atom. The van der Waals surface area contributed by atoms with E-state index in [9.17, 15) is 4.79 Å². The number of carbonyl (C=O) groups excluding carboxylic acids is 1. The average Bonchev–Trinajstić information content (AvgIpc) is 2.63. The van der Waals surface area contributed by atoms with Crippen molar-refractivity contribution in [2.45, 2.75) is 83.6 Å². The van der Waals surface area contributed by atoms with Crippen LogP contribution in [0.15, 0.2) is 6.20 Å². The number of aromatic nitrogens is 2. The summed E-state index contributed by atoms with van der Waals surface area (Å²) in [6.45, 7) is 2.32. The Morgan fingerprint density at radius 2 is 1.77 bits per heavy atom. The van der Waals surface area contributed by atoms with Crippen LogP contribution in [0.5, 0.6) is 0 Å². The Bertz CT molecular complexity index is 580. The first-order valence-electron chi connectivity index (χ1n) is 10.1. The minimum atomic E-state index is -0.454. The summed E-state index contributed by atoms with van der Waals surface area (Å²) in [5.41, 5.74) is 5.95. The third-order valence-corrected chi connectivity index (χ3v) is 6.01.